The first-order valence-electron chi connectivity index (χ1n) is 2.74. The van der Waals surface area contributed by atoms with Crippen molar-refractivity contribution in [3.05, 3.63) is 0 Å². The SMILES string of the molecule is COC.FC(F)C(F)(F)C(F)(F)F. The average molecular weight is 216 g/mol. The van der Waals surface area contributed by atoms with Crippen LogP contribution in [0.2, 0.25) is 0 Å². The molecule has 0 aromatic heterocycles. The van der Waals surface area contributed by atoms with E-state index in [1.165, 1.54) is 0 Å². The molecule has 0 aliphatic carbocycles. The number of halogens is 7. The molecule has 0 fully saturated rings. The van der Waals surface area contributed by atoms with Crippen LogP contribution in [0.3, 0.4) is 0 Å². The molecule has 1 nitrogen and oxygen atoms in total. The predicted molar refractivity (Wildman–Crippen MR) is 29.9 cm³/mol. The van der Waals surface area contributed by atoms with Crippen LogP contribution < -0.4 is 0 Å². The average Bonchev–Trinajstić information content (AvgIpc) is 1.86. The van der Waals surface area contributed by atoms with Crippen molar-refractivity contribution < 1.29 is 35.5 Å². The highest BCUT2D eigenvalue weighted by atomic mass is 19.4. The fourth-order valence-corrected chi connectivity index (χ4v) is 0.124. The van der Waals surface area contributed by atoms with E-state index < -0.39 is 18.5 Å². The second-order valence-corrected chi connectivity index (χ2v) is 1.83. The van der Waals surface area contributed by atoms with Crippen LogP contribution in [-0.2, 0) is 4.74 Å². The zero-order valence-corrected chi connectivity index (χ0v) is 6.63. The normalized spacial score (nSPS) is 12.5. The fourth-order valence-electron chi connectivity index (χ4n) is 0.124. The lowest BCUT2D eigenvalue weighted by atomic mass is 10.3. The summed E-state index contributed by atoms with van der Waals surface area (Å²) in [5.74, 6) is -5.90. The van der Waals surface area contributed by atoms with Crippen molar-refractivity contribution in [1.82, 2.24) is 0 Å². The summed E-state index contributed by atoms with van der Waals surface area (Å²) in [5.41, 5.74) is 0. The van der Waals surface area contributed by atoms with E-state index in [1.54, 1.807) is 14.2 Å². The van der Waals surface area contributed by atoms with Crippen molar-refractivity contribution in [2.24, 2.45) is 0 Å². The van der Waals surface area contributed by atoms with Gasteiger partial charge in [0.2, 0.25) is 0 Å². The molecular formula is C5H7F7O. The summed E-state index contributed by atoms with van der Waals surface area (Å²) in [6, 6.07) is 0. The van der Waals surface area contributed by atoms with Crippen LogP contribution >= 0.6 is 0 Å². The van der Waals surface area contributed by atoms with Gasteiger partial charge in [0.15, 0.2) is 0 Å². The lowest BCUT2D eigenvalue weighted by molar-refractivity contribution is -0.320. The molecule has 0 saturated carbocycles. The zero-order chi connectivity index (χ0) is 11.3. The maximum absolute atomic E-state index is 11.2. The van der Waals surface area contributed by atoms with Gasteiger partial charge < -0.3 is 4.74 Å². The molecule has 0 aromatic carbocycles. The molecule has 0 saturated heterocycles. The third-order valence-corrected chi connectivity index (χ3v) is 0.652. The lowest BCUT2D eigenvalue weighted by Gasteiger charge is -2.17. The summed E-state index contributed by atoms with van der Waals surface area (Å²) < 4.78 is 80.8. The third-order valence-electron chi connectivity index (χ3n) is 0.652. The van der Waals surface area contributed by atoms with Crippen molar-refractivity contribution in [2.75, 3.05) is 14.2 Å². The highest BCUT2D eigenvalue weighted by Crippen LogP contribution is 2.39. The van der Waals surface area contributed by atoms with E-state index in [0.29, 0.717) is 0 Å². The van der Waals surface area contributed by atoms with Gasteiger partial charge in [-0.25, -0.2) is 8.78 Å². The number of alkyl halides is 7. The highest BCUT2D eigenvalue weighted by molar-refractivity contribution is 4.77. The van der Waals surface area contributed by atoms with Gasteiger partial charge in [0.25, 0.3) is 0 Å². The van der Waals surface area contributed by atoms with Crippen LogP contribution in [0.1, 0.15) is 0 Å². The first-order valence-corrected chi connectivity index (χ1v) is 2.74. The van der Waals surface area contributed by atoms with E-state index >= 15 is 0 Å². The summed E-state index contributed by atoms with van der Waals surface area (Å²) in [6.45, 7) is 0. The Balaban J connectivity index is 0. The molecular weight excluding hydrogens is 209 g/mol. The Kier molecular flexibility index (Phi) is 6.05. The van der Waals surface area contributed by atoms with Crippen molar-refractivity contribution in [1.29, 1.82) is 0 Å². The Bertz CT molecular complexity index is 129. The molecule has 0 aromatic rings. The second-order valence-electron chi connectivity index (χ2n) is 1.83. The minimum Gasteiger partial charge on any atom is -0.388 e. The Morgan fingerprint density at radius 1 is 0.923 bits per heavy atom. The summed E-state index contributed by atoms with van der Waals surface area (Å²) in [5, 5.41) is 0. The smallest absolute Gasteiger partial charge is 0.388 e. The van der Waals surface area contributed by atoms with E-state index in [0.717, 1.165) is 0 Å². The zero-order valence-electron chi connectivity index (χ0n) is 6.63. The molecule has 0 N–H and O–H groups in total. The minimum absolute atomic E-state index is 1.62. The topological polar surface area (TPSA) is 9.23 Å². The third kappa shape index (κ3) is 4.91. The summed E-state index contributed by atoms with van der Waals surface area (Å²) >= 11 is 0. The first-order chi connectivity index (χ1) is 5.61. The standard InChI is InChI=1S/C3HF7.C2H6O/c4-1(5)2(6,7)3(8,9)10;1-3-2/h1H;1-2H3. The second kappa shape index (κ2) is 5.25. The molecule has 0 aliphatic rings. The van der Waals surface area contributed by atoms with Gasteiger partial charge in [-0.15, -0.1) is 0 Å². The Labute approximate surface area is 69.5 Å². The number of rotatable bonds is 1. The molecule has 0 amide bonds. The first kappa shape index (κ1) is 15.0. The Morgan fingerprint density at radius 2 is 1.15 bits per heavy atom. The Hall–Kier alpha value is -0.530. The molecule has 82 valence electrons. The van der Waals surface area contributed by atoms with E-state index in [2.05, 4.69) is 4.74 Å². The van der Waals surface area contributed by atoms with E-state index in [4.69, 9.17) is 0 Å². The van der Waals surface area contributed by atoms with Gasteiger partial charge in [-0.1, -0.05) is 0 Å². The largest absolute Gasteiger partial charge is 0.459 e. The number of hydrogen-bond donors (Lipinski definition) is 0. The van der Waals surface area contributed by atoms with Crippen LogP contribution in [-0.4, -0.2) is 32.7 Å². The lowest BCUT2D eigenvalue weighted by Crippen LogP contribution is -2.42. The van der Waals surface area contributed by atoms with Gasteiger partial charge in [0, 0.05) is 14.2 Å². The molecule has 0 bridgehead atoms. The Morgan fingerprint density at radius 3 is 1.15 bits per heavy atom. The van der Waals surface area contributed by atoms with Crippen LogP contribution in [0.5, 0.6) is 0 Å². The van der Waals surface area contributed by atoms with Crippen molar-refractivity contribution in [2.45, 2.75) is 18.5 Å². The van der Waals surface area contributed by atoms with Gasteiger partial charge in [-0.05, 0) is 0 Å². The maximum atomic E-state index is 11.2. The monoisotopic (exact) mass is 216 g/mol. The van der Waals surface area contributed by atoms with Crippen molar-refractivity contribution in [3.63, 3.8) is 0 Å². The van der Waals surface area contributed by atoms with Crippen LogP contribution in [0.15, 0.2) is 0 Å². The van der Waals surface area contributed by atoms with Gasteiger partial charge in [-0.3, -0.25) is 0 Å². The molecule has 0 spiro atoms. The molecule has 0 atom stereocenters. The van der Waals surface area contributed by atoms with E-state index in [1.807, 2.05) is 0 Å². The van der Waals surface area contributed by atoms with E-state index in [9.17, 15) is 30.7 Å². The maximum Gasteiger partial charge on any atom is 0.459 e. The van der Waals surface area contributed by atoms with Gasteiger partial charge in [0.1, 0.15) is 0 Å². The van der Waals surface area contributed by atoms with Gasteiger partial charge in [0.05, 0.1) is 0 Å². The molecule has 0 radical (unpaired) electrons. The molecule has 0 heterocycles. The fraction of sp³-hybridized carbons (Fsp3) is 1.00. The van der Waals surface area contributed by atoms with E-state index in [-0.39, 0.29) is 0 Å². The van der Waals surface area contributed by atoms with Crippen molar-refractivity contribution in [3.8, 4) is 0 Å². The van der Waals surface area contributed by atoms with Crippen LogP contribution in [0, 0.1) is 0 Å². The van der Waals surface area contributed by atoms with Crippen molar-refractivity contribution >= 4 is 0 Å². The summed E-state index contributed by atoms with van der Waals surface area (Å²) in [6.07, 6.45) is -10.9. The number of hydrogen-bond acceptors (Lipinski definition) is 1. The molecule has 8 heteroatoms. The van der Waals surface area contributed by atoms with Gasteiger partial charge >= 0.3 is 18.5 Å². The molecule has 13 heavy (non-hydrogen) atoms. The highest BCUT2D eigenvalue weighted by Gasteiger charge is 2.64. The quantitative estimate of drug-likeness (QED) is 0.612. The predicted octanol–water partition coefficient (Wildman–Crippen LogP) is 2.71. The number of methoxy groups -OCH3 is 1. The molecule has 0 unspecified atom stereocenters. The number of ether oxygens (including phenoxy) is 1. The van der Waals surface area contributed by atoms with Crippen LogP contribution in [0.4, 0.5) is 30.7 Å². The molecule has 0 aliphatic heterocycles. The summed E-state index contributed by atoms with van der Waals surface area (Å²) in [7, 11) is 3.25. The van der Waals surface area contributed by atoms with Crippen LogP contribution in [0.25, 0.3) is 0 Å². The molecule has 0 rings (SSSR count). The van der Waals surface area contributed by atoms with Gasteiger partial charge in [-0.2, -0.15) is 22.0 Å². The summed E-state index contributed by atoms with van der Waals surface area (Å²) in [4.78, 5) is 0. The minimum atomic E-state index is -6.17.